The van der Waals surface area contributed by atoms with E-state index in [4.69, 9.17) is 0 Å². The van der Waals surface area contributed by atoms with E-state index in [9.17, 15) is 9.18 Å². The molecule has 1 aliphatic heterocycles. The van der Waals surface area contributed by atoms with Crippen LogP contribution in [0.15, 0.2) is 0 Å². The summed E-state index contributed by atoms with van der Waals surface area (Å²) in [5, 5.41) is 2.57. The zero-order valence-electron chi connectivity index (χ0n) is 6.80. The molecule has 1 saturated heterocycles. The van der Waals surface area contributed by atoms with Crippen LogP contribution >= 0.6 is 0 Å². The van der Waals surface area contributed by atoms with Crippen molar-refractivity contribution < 1.29 is 9.18 Å². The Labute approximate surface area is 65.6 Å². The summed E-state index contributed by atoms with van der Waals surface area (Å²) < 4.78 is 12.9. The molecule has 1 rings (SSSR count). The van der Waals surface area contributed by atoms with Gasteiger partial charge in [-0.1, -0.05) is 0 Å². The number of halogens is 1. The first-order valence-electron chi connectivity index (χ1n) is 3.69. The van der Waals surface area contributed by atoms with Gasteiger partial charge >= 0.3 is 0 Å². The fourth-order valence-corrected chi connectivity index (χ4v) is 1.35. The van der Waals surface area contributed by atoms with Gasteiger partial charge in [-0.25, -0.2) is 4.39 Å². The van der Waals surface area contributed by atoms with E-state index in [0.717, 1.165) is 0 Å². The molecule has 0 saturated carbocycles. The van der Waals surface area contributed by atoms with Crippen LogP contribution in [0.5, 0.6) is 0 Å². The molecule has 4 heteroatoms. The summed E-state index contributed by atoms with van der Waals surface area (Å²) in [6, 6.07) is -0.308. The largest absolute Gasteiger partial charge is 0.349 e. The zero-order chi connectivity index (χ0) is 8.43. The summed E-state index contributed by atoms with van der Waals surface area (Å²) in [5.74, 6) is -0.159. The van der Waals surface area contributed by atoms with Crippen molar-refractivity contribution in [3.05, 3.63) is 0 Å². The topological polar surface area (TPSA) is 32.3 Å². The van der Waals surface area contributed by atoms with Crippen LogP contribution in [0.3, 0.4) is 0 Å². The van der Waals surface area contributed by atoms with Crippen molar-refractivity contribution >= 4 is 5.91 Å². The van der Waals surface area contributed by atoms with Crippen molar-refractivity contribution in [2.75, 3.05) is 20.1 Å². The standard InChI is InChI=1S/C7H13FN2O/c1-5(11)9-7-4-10(2)3-6(7)8/h6-7H,3-4H2,1-2H3,(H,9,11). The fourth-order valence-electron chi connectivity index (χ4n) is 1.35. The summed E-state index contributed by atoms with van der Waals surface area (Å²) in [6.45, 7) is 2.44. The molecule has 1 heterocycles. The number of carbonyl (C=O) groups is 1. The first-order chi connectivity index (χ1) is 5.09. The second-order valence-corrected chi connectivity index (χ2v) is 3.04. The van der Waals surface area contributed by atoms with Gasteiger partial charge in [0.25, 0.3) is 0 Å². The number of rotatable bonds is 1. The first-order valence-corrected chi connectivity index (χ1v) is 3.69. The molecular weight excluding hydrogens is 147 g/mol. The predicted molar refractivity (Wildman–Crippen MR) is 40.0 cm³/mol. The Morgan fingerprint density at radius 1 is 1.64 bits per heavy atom. The van der Waals surface area contributed by atoms with E-state index in [2.05, 4.69) is 5.32 Å². The summed E-state index contributed by atoms with van der Waals surface area (Å²) in [6.07, 6.45) is -0.913. The van der Waals surface area contributed by atoms with Gasteiger partial charge in [0.2, 0.25) is 5.91 Å². The maximum atomic E-state index is 12.9. The van der Waals surface area contributed by atoms with E-state index in [1.54, 1.807) is 0 Å². The lowest BCUT2D eigenvalue weighted by molar-refractivity contribution is -0.119. The molecule has 64 valence electrons. The Balaban J connectivity index is 2.40. The van der Waals surface area contributed by atoms with Crippen molar-refractivity contribution in [3.63, 3.8) is 0 Å². The Hall–Kier alpha value is -0.640. The molecular formula is C7H13FN2O. The van der Waals surface area contributed by atoms with E-state index in [1.165, 1.54) is 6.92 Å². The second kappa shape index (κ2) is 3.17. The van der Waals surface area contributed by atoms with Crippen LogP contribution < -0.4 is 5.32 Å². The highest BCUT2D eigenvalue weighted by Gasteiger charge is 2.30. The lowest BCUT2D eigenvalue weighted by atomic mass is 10.2. The van der Waals surface area contributed by atoms with Crippen LogP contribution in [0.2, 0.25) is 0 Å². The number of likely N-dealkylation sites (tertiary alicyclic amines) is 1. The molecule has 1 aliphatic rings. The average Bonchev–Trinajstić information content (AvgIpc) is 2.09. The van der Waals surface area contributed by atoms with Crippen molar-refractivity contribution in [2.45, 2.75) is 19.1 Å². The van der Waals surface area contributed by atoms with Gasteiger partial charge in [0, 0.05) is 20.0 Å². The smallest absolute Gasteiger partial charge is 0.217 e. The zero-order valence-corrected chi connectivity index (χ0v) is 6.80. The summed E-state index contributed by atoms with van der Waals surface area (Å²) >= 11 is 0. The van der Waals surface area contributed by atoms with Crippen molar-refractivity contribution in [3.8, 4) is 0 Å². The minimum absolute atomic E-state index is 0.159. The first kappa shape index (κ1) is 8.46. The number of alkyl halides is 1. The molecule has 3 nitrogen and oxygen atoms in total. The summed E-state index contributed by atoms with van der Waals surface area (Å²) in [7, 11) is 1.84. The average molecular weight is 160 g/mol. The molecule has 0 aromatic rings. The Kier molecular flexibility index (Phi) is 2.44. The van der Waals surface area contributed by atoms with Crippen LogP contribution in [0.25, 0.3) is 0 Å². The Morgan fingerprint density at radius 3 is 2.64 bits per heavy atom. The number of hydrogen-bond donors (Lipinski definition) is 1. The summed E-state index contributed by atoms with van der Waals surface area (Å²) in [4.78, 5) is 12.4. The van der Waals surface area contributed by atoms with Gasteiger partial charge in [-0.2, -0.15) is 0 Å². The van der Waals surface area contributed by atoms with E-state index >= 15 is 0 Å². The van der Waals surface area contributed by atoms with E-state index in [1.807, 2.05) is 11.9 Å². The molecule has 0 spiro atoms. The molecule has 2 unspecified atom stereocenters. The molecule has 1 N–H and O–H groups in total. The molecule has 0 bridgehead atoms. The van der Waals surface area contributed by atoms with Gasteiger partial charge in [0.1, 0.15) is 6.17 Å². The van der Waals surface area contributed by atoms with Gasteiger partial charge in [-0.3, -0.25) is 4.79 Å². The fraction of sp³-hybridized carbons (Fsp3) is 0.857. The second-order valence-electron chi connectivity index (χ2n) is 3.04. The number of amides is 1. The number of likely N-dealkylation sites (N-methyl/N-ethyl adjacent to an activating group) is 1. The maximum absolute atomic E-state index is 12.9. The van der Waals surface area contributed by atoms with E-state index in [0.29, 0.717) is 13.1 Å². The Morgan fingerprint density at radius 2 is 2.27 bits per heavy atom. The molecule has 0 aliphatic carbocycles. The molecule has 0 aromatic heterocycles. The highest BCUT2D eigenvalue weighted by molar-refractivity contribution is 5.73. The summed E-state index contributed by atoms with van der Waals surface area (Å²) in [5.41, 5.74) is 0. The molecule has 2 atom stereocenters. The Bertz CT molecular complexity index is 163. The van der Waals surface area contributed by atoms with Crippen molar-refractivity contribution in [2.24, 2.45) is 0 Å². The van der Waals surface area contributed by atoms with E-state index < -0.39 is 6.17 Å². The minimum atomic E-state index is -0.913. The molecule has 0 radical (unpaired) electrons. The molecule has 0 aromatic carbocycles. The van der Waals surface area contributed by atoms with Crippen LogP contribution in [-0.2, 0) is 4.79 Å². The van der Waals surface area contributed by atoms with Crippen molar-refractivity contribution in [1.29, 1.82) is 0 Å². The SMILES string of the molecule is CC(=O)NC1CN(C)CC1F. The van der Waals surface area contributed by atoms with Crippen LogP contribution in [-0.4, -0.2) is 43.2 Å². The van der Waals surface area contributed by atoms with Gasteiger partial charge in [-0.15, -0.1) is 0 Å². The normalized spacial score (nSPS) is 32.3. The van der Waals surface area contributed by atoms with Crippen LogP contribution in [0.4, 0.5) is 4.39 Å². The molecule has 11 heavy (non-hydrogen) atoms. The highest BCUT2D eigenvalue weighted by Crippen LogP contribution is 2.10. The maximum Gasteiger partial charge on any atom is 0.217 e. The number of carbonyl (C=O) groups excluding carboxylic acids is 1. The lowest BCUT2D eigenvalue weighted by Crippen LogP contribution is -2.39. The van der Waals surface area contributed by atoms with Gasteiger partial charge < -0.3 is 10.2 Å². The predicted octanol–water partition coefficient (Wildman–Crippen LogP) is -0.225. The third-order valence-electron chi connectivity index (χ3n) is 1.82. The van der Waals surface area contributed by atoms with Gasteiger partial charge in [-0.05, 0) is 7.05 Å². The van der Waals surface area contributed by atoms with Gasteiger partial charge in [0.05, 0.1) is 6.04 Å². The quantitative estimate of drug-likeness (QED) is 0.575. The van der Waals surface area contributed by atoms with Crippen LogP contribution in [0, 0.1) is 0 Å². The number of nitrogens with one attached hydrogen (secondary N) is 1. The third kappa shape index (κ3) is 2.15. The highest BCUT2D eigenvalue weighted by atomic mass is 19.1. The number of nitrogens with zero attached hydrogens (tertiary/aromatic N) is 1. The monoisotopic (exact) mass is 160 g/mol. The number of hydrogen-bond acceptors (Lipinski definition) is 2. The molecule has 1 fully saturated rings. The van der Waals surface area contributed by atoms with E-state index in [-0.39, 0.29) is 11.9 Å². The third-order valence-corrected chi connectivity index (χ3v) is 1.82. The van der Waals surface area contributed by atoms with Crippen molar-refractivity contribution in [1.82, 2.24) is 10.2 Å². The lowest BCUT2D eigenvalue weighted by Gasteiger charge is -2.11. The minimum Gasteiger partial charge on any atom is -0.349 e. The molecule has 1 amide bonds. The van der Waals surface area contributed by atoms with Crippen LogP contribution in [0.1, 0.15) is 6.92 Å². The van der Waals surface area contributed by atoms with Gasteiger partial charge in [0.15, 0.2) is 0 Å².